The van der Waals surface area contributed by atoms with E-state index in [0.717, 1.165) is 33.4 Å². The number of thioether (sulfide) groups is 1. The van der Waals surface area contributed by atoms with E-state index >= 15 is 13.2 Å². The van der Waals surface area contributed by atoms with Crippen LogP contribution in [0.4, 0.5) is 41.6 Å². The predicted molar refractivity (Wildman–Crippen MR) is 280 cm³/mol. The number of carbonyl (C=O) groups excluding carboxylic acids is 1. The average Bonchev–Trinajstić information content (AvgIpc) is 3.68. The molecule has 1 amide bonds. The van der Waals surface area contributed by atoms with Gasteiger partial charge in [0.25, 0.3) is 21.6 Å². The zero-order chi connectivity index (χ0) is 51.3. The molecule has 5 aromatic carbocycles. The molecule has 2 fully saturated rings. The van der Waals surface area contributed by atoms with Crippen LogP contribution in [0.2, 0.25) is 5.02 Å². The third-order valence-corrected chi connectivity index (χ3v) is 15.8. The number of nitrogens with one attached hydrogen (secondary N) is 2. The smallest absolute Gasteiger partial charge is 0.393 e. The van der Waals surface area contributed by atoms with E-state index in [0.29, 0.717) is 54.5 Å². The number of aliphatic hydroxyl groups is 1. The van der Waals surface area contributed by atoms with Crippen LogP contribution in [0, 0.1) is 10.1 Å². The fraction of sp³-hybridized carbons (Fsp3) is 0.327. The molecule has 0 spiro atoms. The molecule has 3 N–H and O–H groups in total. The minimum Gasteiger partial charge on any atom is -0.393 e. The van der Waals surface area contributed by atoms with Crippen molar-refractivity contribution in [2.24, 2.45) is 7.05 Å². The van der Waals surface area contributed by atoms with Crippen molar-refractivity contribution in [3.8, 4) is 22.4 Å². The van der Waals surface area contributed by atoms with Crippen molar-refractivity contribution in [2.45, 2.75) is 47.4 Å². The summed E-state index contributed by atoms with van der Waals surface area (Å²) >= 11 is 7.84. The van der Waals surface area contributed by atoms with Crippen molar-refractivity contribution in [3.05, 3.63) is 148 Å². The van der Waals surface area contributed by atoms with Gasteiger partial charge in [0.05, 0.1) is 27.2 Å². The van der Waals surface area contributed by atoms with Crippen LogP contribution in [0.1, 0.15) is 35.3 Å². The maximum atomic E-state index is 15.2. The second-order valence-corrected chi connectivity index (χ2v) is 21.4. The SMILES string of the molecule is CN(C)CC[C@H](CSc1ccccc1)Nc1ccc(S(=O)(=O)Nc2ccc(N3CCN(c4cccc(-c5c(C(=O)N6CCC(O)CC6)c(C(F)(F)F)n(C)c5-c5ccc(Cl)cc5)c4)CC3)cc2)cc1[N+](=O)[O-]. The van der Waals surface area contributed by atoms with Crippen molar-refractivity contribution >= 4 is 67.7 Å². The van der Waals surface area contributed by atoms with E-state index in [2.05, 4.69) is 19.8 Å². The molecule has 0 bridgehead atoms. The first-order valence-corrected chi connectivity index (χ1v) is 26.3. The molecule has 2 aliphatic rings. The van der Waals surface area contributed by atoms with Crippen LogP contribution >= 0.6 is 23.4 Å². The Hall–Kier alpha value is -6.25. The number of carbonyl (C=O) groups is 1. The third-order valence-electron chi connectivity index (χ3n) is 13.0. The average molecular weight is 1050 g/mol. The molecule has 1 aromatic heterocycles. The van der Waals surface area contributed by atoms with E-state index in [1.165, 1.54) is 24.1 Å². The van der Waals surface area contributed by atoms with Crippen LogP contribution in [0.25, 0.3) is 22.4 Å². The maximum absolute atomic E-state index is 15.2. The van der Waals surface area contributed by atoms with Gasteiger partial charge in [-0.1, -0.05) is 54.1 Å². The van der Waals surface area contributed by atoms with Gasteiger partial charge in [0.1, 0.15) is 11.4 Å². The van der Waals surface area contributed by atoms with Gasteiger partial charge in [-0.3, -0.25) is 19.6 Å². The summed E-state index contributed by atoms with van der Waals surface area (Å²) in [4.78, 5) is 34.6. The number of likely N-dealkylation sites (tertiary alicyclic amines) is 1. The van der Waals surface area contributed by atoms with E-state index in [1.54, 1.807) is 72.4 Å². The lowest BCUT2D eigenvalue weighted by molar-refractivity contribution is -0.384. The Balaban J connectivity index is 0.969. The highest BCUT2D eigenvalue weighted by Gasteiger charge is 2.44. The number of alkyl halides is 3. The quantitative estimate of drug-likeness (QED) is 0.0454. The molecule has 0 aliphatic carbocycles. The predicted octanol–water partition coefficient (Wildman–Crippen LogP) is 10.2. The maximum Gasteiger partial charge on any atom is 0.432 e. The number of nitro groups is 1. The molecular weight excluding hydrogens is 989 g/mol. The monoisotopic (exact) mass is 1040 g/mol. The molecule has 0 radical (unpaired) electrons. The highest BCUT2D eigenvalue weighted by molar-refractivity contribution is 7.99. The van der Waals surface area contributed by atoms with Crippen molar-refractivity contribution in [1.29, 1.82) is 0 Å². The first-order chi connectivity index (χ1) is 34.4. The lowest BCUT2D eigenvalue weighted by Gasteiger charge is -2.37. The van der Waals surface area contributed by atoms with Crippen molar-refractivity contribution in [3.63, 3.8) is 0 Å². The molecule has 3 heterocycles. The molecule has 1 atom stereocenters. The molecule has 14 nitrogen and oxygen atoms in total. The molecule has 72 heavy (non-hydrogen) atoms. The van der Waals surface area contributed by atoms with Gasteiger partial charge in [-0.05, 0) is 124 Å². The topological polar surface area (TPSA) is 157 Å². The molecule has 380 valence electrons. The summed E-state index contributed by atoms with van der Waals surface area (Å²) in [5, 5.41) is 26.2. The number of sulfonamides is 1. The Kier molecular flexibility index (Phi) is 16.1. The largest absolute Gasteiger partial charge is 0.432 e. The van der Waals surface area contributed by atoms with Crippen LogP contribution in [0.15, 0.2) is 131 Å². The van der Waals surface area contributed by atoms with Crippen molar-refractivity contribution in [1.82, 2.24) is 14.4 Å². The van der Waals surface area contributed by atoms with E-state index < -0.39 is 44.4 Å². The van der Waals surface area contributed by atoms with Crippen LogP contribution in [0.5, 0.6) is 0 Å². The number of hydrogen-bond donors (Lipinski definition) is 3. The number of nitrogens with zero attached hydrogens (tertiary/aromatic N) is 6. The zero-order valence-electron chi connectivity index (χ0n) is 40.0. The lowest BCUT2D eigenvalue weighted by atomic mass is 9.94. The fourth-order valence-corrected chi connectivity index (χ4v) is 11.4. The van der Waals surface area contributed by atoms with E-state index in [1.807, 2.05) is 61.5 Å². The molecule has 20 heteroatoms. The summed E-state index contributed by atoms with van der Waals surface area (Å²) in [7, 11) is 0.998. The molecule has 6 aromatic rings. The van der Waals surface area contributed by atoms with Gasteiger partial charge in [0.2, 0.25) is 0 Å². The van der Waals surface area contributed by atoms with Gasteiger partial charge in [0, 0.05) is 96.7 Å². The number of piperazine rings is 1. The number of piperidine rings is 1. The molecular formula is C52H56ClF3N8O6S2. The van der Waals surface area contributed by atoms with Gasteiger partial charge in [-0.15, -0.1) is 11.8 Å². The van der Waals surface area contributed by atoms with Crippen LogP contribution in [-0.2, 0) is 23.2 Å². The normalized spacial score (nSPS) is 15.2. The highest BCUT2D eigenvalue weighted by atomic mass is 35.5. The summed E-state index contributed by atoms with van der Waals surface area (Å²) in [5.41, 5.74) is 1.48. The van der Waals surface area contributed by atoms with Crippen LogP contribution in [0.3, 0.4) is 0 Å². The number of aromatic nitrogens is 1. The number of hydrogen-bond acceptors (Lipinski definition) is 11. The minimum absolute atomic E-state index is 0.123. The van der Waals surface area contributed by atoms with Crippen molar-refractivity contribution < 1.29 is 36.4 Å². The number of halogens is 4. The van der Waals surface area contributed by atoms with Gasteiger partial charge >= 0.3 is 6.18 Å². The lowest BCUT2D eigenvalue weighted by Crippen LogP contribution is -2.46. The molecule has 8 rings (SSSR count). The summed E-state index contributed by atoms with van der Waals surface area (Å²) in [6.45, 7) is 3.19. The third kappa shape index (κ3) is 12.1. The second kappa shape index (κ2) is 22.3. The Morgan fingerprint density at radius 3 is 2.14 bits per heavy atom. The minimum atomic E-state index is -4.88. The summed E-state index contributed by atoms with van der Waals surface area (Å²) in [5.74, 6) is -0.119. The summed E-state index contributed by atoms with van der Waals surface area (Å²) < 4.78 is 76.4. The highest BCUT2D eigenvalue weighted by Crippen LogP contribution is 2.46. The van der Waals surface area contributed by atoms with Gasteiger partial charge in [-0.2, -0.15) is 13.2 Å². The number of benzene rings is 5. The Morgan fingerprint density at radius 1 is 0.861 bits per heavy atom. The molecule has 2 saturated heterocycles. The summed E-state index contributed by atoms with van der Waals surface area (Å²) in [6, 6.07) is 34.1. The number of anilines is 4. The molecule has 0 saturated carbocycles. The molecule has 0 unspecified atom stereocenters. The Morgan fingerprint density at radius 2 is 1.51 bits per heavy atom. The van der Waals surface area contributed by atoms with Crippen LogP contribution in [-0.4, -0.2) is 117 Å². The number of amides is 1. The van der Waals surface area contributed by atoms with Crippen LogP contribution < -0.4 is 19.8 Å². The fourth-order valence-electron chi connectivity index (χ4n) is 9.21. The zero-order valence-corrected chi connectivity index (χ0v) is 42.4. The van der Waals surface area contributed by atoms with E-state index in [-0.39, 0.29) is 65.2 Å². The van der Waals surface area contributed by atoms with Gasteiger partial charge in [0.15, 0.2) is 0 Å². The Bertz CT molecular complexity index is 2980. The van der Waals surface area contributed by atoms with E-state index in [9.17, 15) is 28.4 Å². The molecule has 2 aliphatic heterocycles. The number of rotatable bonds is 17. The number of aliphatic hydroxyl groups excluding tert-OH is 1. The Labute approximate surface area is 426 Å². The second-order valence-electron chi connectivity index (χ2n) is 18.2. The van der Waals surface area contributed by atoms with E-state index in [4.69, 9.17) is 11.6 Å². The number of nitro benzene ring substituents is 1. The standard InChI is InChI=1S/C52H56ClF3N8O6S2/c1-59(2)25-22-39(34-71-43-10-5-4-6-11-43)57-45-21-20-44(33-46(45)64(67)68)72(69,70)58-38-16-18-40(19-17-38)61-28-30-62(31-29-61)41-9-7-8-36(32-41)47-48(51(66)63-26-23-42(65)24-27-63)50(52(54,55)56)60(3)49(47)35-12-14-37(53)15-13-35/h4-21,32-33,39,42,57-58,65H,22-31,34H2,1-3H3/t39-/m1/s1. The summed E-state index contributed by atoms with van der Waals surface area (Å²) in [6.07, 6.45) is -4.28. The van der Waals surface area contributed by atoms with Crippen molar-refractivity contribution in [2.75, 3.05) is 85.5 Å². The van der Waals surface area contributed by atoms with Gasteiger partial charge < -0.3 is 34.6 Å². The first-order valence-electron chi connectivity index (χ1n) is 23.5. The first kappa shape index (κ1) is 52.1. The van der Waals surface area contributed by atoms with Gasteiger partial charge in [-0.25, -0.2) is 8.42 Å².